The Hall–Kier alpha value is -0.210. The first-order valence-corrected chi connectivity index (χ1v) is 8.88. The summed E-state index contributed by atoms with van der Waals surface area (Å²) < 4.78 is 34.1. The quantitative estimate of drug-likeness (QED) is 0.653. The van der Waals surface area contributed by atoms with Gasteiger partial charge in [-0.25, -0.2) is 0 Å². The molecule has 0 saturated carbocycles. The van der Waals surface area contributed by atoms with Crippen LogP contribution in [0.2, 0.25) is 0 Å². The highest BCUT2D eigenvalue weighted by atomic mass is 32.2. The summed E-state index contributed by atoms with van der Waals surface area (Å²) >= 11 is 0. The molecule has 7 heteroatoms. The lowest BCUT2D eigenvalue weighted by Gasteiger charge is -2.32. The van der Waals surface area contributed by atoms with Crippen molar-refractivity contribution in [3.63, 3.8) is 0 Å². The van der Waals surface area contributed by atoms with Crippen molar-refractivity contribution in [3.05, 3.63) is 0 Å². The summed E-state index contributed by atoms with van der Waals surface area (Å²) in [5.74, 6) is 0.580. The molecule has 1 unspecified atom stereocenters. The summed E-state index contributed by atoms with van der Waals surface area (Å²) in [7, 11) is 0.150. The van der Waals surface area contributed by atoms with Gasteiger partial charge in [-0.3, -0.25) is 0 Å². The van der Waals surface area contributed by atoms with E-state index < -0.39 is 10.2 Å². The fraction of sp³-hybridized carbons (Fsp3) is 1.00. The van der Waals surface area contributed by atoms with Gasteiger partial charge in [-0.05, 0) is 38.8 Å². The Morgan fingerprint density at radius 1 is 1.35 bits per heavy atom. The largest absolute Gasteiger partial charge is 0.383 e. The Morgan fingerprint density at radius 3 is 2.50 bits per heavy atom. The molecule has 0 aromatic carbocycles. The Bertz CT molecular complexity index is 348. The third kappa shape index (κ3) is 5.65. The van der Waals surface area contributed by atoms with Crippen LogP contribution in [-0.4, -0.2) is 59.2 Å². The normalized spacial score (nSPS) is 20.1. The van der Waals surface area contributed by atoms with Gasteiger partial charge in [0.1, 0.15) is 0 Å². The minimum atomic E-state index is -3.38. The average molecular weight is 307 g/mol. The second-order valence-electron chi connectivity index (χ2n) is 5.46. The number of nitrogens with one attached hydrogen (secondary N) is 2. The molecular formula is C13H29N3O3S. The van der Waals surface area contributed by atoms with Crippen LogP contribution in [0.1, 0.15) is 32.6 Å². The first-order valence-electron chi connectivity index (χ1n) is 7.44. The monoisotopic (exact) mass is 307 g/mol. The van der Waals surface area contributed by atoms with Crippen LogP contribution in [0.5, 0.6) is 0 Å². The fourth-order valence-corrected chi connectivity index (χ4v) is 4.10. The van der Waals surface area contributed by atoms with E-state index in [9.17, 15) is 8.42 Å². The van der Waals surface area contributed by atoms with Gasteiger partial charge in [-0.15, -0.1) is 0 Å². The number of rotatable bonds is 9. The molecule has 1 saturated heterocycles. The molecule has 0 aromatic rings. The molecule has 1 aliphatic rings. The molecule has 1 rings (SSSR count). The standard InChI is InChI=1S/C13H29N3O3S/c1-4-5-13(11-19-3)15-20(17,18)16-8-6-12(7-9-16)10-14-2/h12-15H,4-11H2,1-3H3. The van der Waals surface area contributed by atoms with Crippen LogP contribution in [0.15, 0.2) is 0 Å². The summed E-state index contributed by atoms with van der Waals surface area (Å²) in [6.45, 7) is 4.63. The molecule has 1 fully saturated rings. The van der Waals surface area contributed by atoms with E-state index in [1.165, 1.54) is 0 Å². The predicted molar refractivity (Wildman–Crippen MR) is 80.9 cm³/mol. The number of ether oxygens (including phenoxy) is 1. The van der Waals surface area contributed by atoms with Crippen molar-refractivity contribution in [1.82, 2.24) is 14.3 Å². The Labute approximate surface area is 123 Å². The molecule has 2 N–H and O–H groups in total. The zero-order valence-corrected chi connectivity index (χ0v) is 13.7. The van der Waals surface area contributed by atoms with E-state index in [0.717, 1.165) is 32.2 Å². The van der Waals surface area contributed by atoms with E-state index in [2.05, 4.69) is 10.0 Å². The van der Waals surface area contributed by atoms with Crippen LogP contribution in [0, 0.1) is 5.92 Å². The molecular weight excluding hydrogens is 278 g/mol. The third-order valence-corrected chi connectivity index (χ3v) is 5.40. The van der Waals surface area contributed by atoms with E-state index in [1.807, 2.05) is 14.0 Å². The lowest BCUT2D eigenvalue weighted by molar-refractivity contribution is 0.169. The number of nitrogens with zero attached hydrogens (tertiary/aromatic N) is 1. The van der Waals surface area contributed by atoms with Crippen molar-refractivity contribution in [2.24, 2.45) is 5.92 Å². The highest BCUT2D eigenvalue weighted by Gasteiger charge is 2.29. The van der Waals surface area contributed by atoms with Gasteiger partial charge in [0, 0.05) is 26.2 Å². The van der Waals surface area contributed by atoms with Gasteiger partial charge in [-0.2, -0.15) is 17.4 Å². The van der Waals surface area contributed by atoms with Crippen molar-refractivity contribution < 1.29 is 13.2 Å². The van der Waals surface area contributed by atoms with Crippen LogP contribution in [0.4, 0.5) is 0 Å². The van der Waals surface area contributed by atoms with E-state index in [-0.39, 0.29) is 6.04 Å². The van der Waals surface area contributed by atoms with Gasteiger partial charge in [0.15, 0.2) is 0 Å². The lowest BCUT2D eigenvalue weighted by Crippen LogP contribution is -2.49. The van der Waals surface area contributed by atoms with Crippen molar-refractivity contribution in [2.75, 3.05) is 40.4 Å². The Morgan fingerprint density at radius 2 is 2.00 bits per heavy atom. The molecule has 1 atom stereocenters. The highest BCUT2D eigenvalue weighted by Crippen LogP contribution is 2.18. The zero-order chi connectivity index (χ0) is 15.0. The van der Waals surface area contributed by atoms with Crippen molar-refractivity contribution in [1.29, 1.82) is 0 Å². The van der Waals surface area contributed by atoms with Crippen LogP contribution in [-0.2, 0) is 14.9 Å². The van der Waals surface area contributed by atoms with Crippen LogP contribution in [0.3, 0.4) is 0 Å². The number of methoxy groups -OCH3 is 1. The molecule has 1 heterocycles. The highest BCUT2D eigenvalue weighted by molar-refractivity contribution is 7.87. The summed E-state index contributed by atoms with van der Waals surface area (Å²) in [5, 5.41) is 3.16. The smallest absolute Gasteiger partial charge is 0.279 e. The molecule has 1 aliphatic heterocycles. The topological polar surface area (TPSA) is 70.7 Å². The second kappa shape index (κ2) is 8.94. The molecule has 6 nitrogen and oxygen atoms in total. The molecule has 0 aliphatic carbocycles. The van der Waals surface area contributed by atoms with E-state index in [4.69, 9.17) is 4.74 Å². The fourth-order valence-electron chi connectivity index (χ4n) is 2.65. The molecule has 0 amide bonds. The summed E-state index contributed by atoms with van der Waals surface area (Å²) in [4.78, 5) is 0. The predicted octanol–water partition coefficient (Wildman–Crippen LogP) is 0.567. The molecule has 0 aromatic heterocycles. The Balaban J connectivity index is 2.51. The number of hydrogen-bond acceptors (Lipinski definition) is 4. The number of piperidine rings is 1. The van der Waals surface area contributed by atoms with Gasteiger partial charge in [0.2, 0.25) is 0 Å². The lowest BCUT2D eigenvalue weighted by atomic mass is 9.98. The van der Waals surface area contributed by atoms with E-state index in [1.54, 1.807) is 11.4 Å². The third-order valence-electron chi connectivity index (χ3n) is 3.73. The maximum atomic E-state index is 12.4. The zero-order valence-electron chi connectivity index (χ0n) is 12.9. The van der Waals surface area contributed by atoms with E-state index >= 15 is 0 Å². The van der Waals surface area contributed by atoms with Crippen LogP contribution in [0.25, 0.3) is 0 Å². The van der Waals surface area contributed by atoms with Gasteiger partial charge in [0.05, 0.1) is 6.61 Å². The molecule has 0 bridgehead atoms. The van der Waals surface area contributed by atoms with Gasteiger partial charge in [-0.1, -0.05) is 13.3 Å². The Kier molecular flexibility index (Phi) is 7.98. The summed E-state index contributed by atoms with van der Waals surface area (Å²) in [5.41, 5.74) is 0. The van der Waals surface area contributed by atoms with Crippen LogP contribution < -0.4 is 10.0 Å². The van der Waals surface area contributed by atoms with Crippen LogP contribution >= 0.6 is 0 Å². The van der Waals surface area contributed by atoms with Crippen molar-refractivity contribution in [3.8, 4) is 0 Å². The van der Waals surface area contributed by atoms with Gasteiger partial charge < -0.3 is 10.1 Å². The molecule has 20 heavy (non-hydrogen) atoms. The minimum Gasteiger partial charge on any atom is -0.383 e. The SMILES string of the molecule is CCCC(COC)NS(=O)(=O)N1CCC(CNC)CC1. The van der Waals surface area contributed by atoms with Gasteiger partial charge >= 0.3 is 0 Å². The number of hydrogen-bond donors (Lipinski definition) is 2. The van der Waals surface area contributed by atoms with E-state index in [0.29, 0.717) is 25.6 Å². The maximum Gasteiger partial charge on any atom is 0.279 e. The average Bonchev–Trinajstić information content (AvgIpc) is 2.40. The van der Waals surface area contributed by atoms with Gasteiger partial charge in [0.25, 0.3) is 10.2 Å². The summed E-state index contributed by atoms with van der Waals surface area (Å²) in [6.07, 6.45) is 3.57. The molecule has 0 radical (unpaired) electrons. The second-order valence-corrected chi connectivity index (χ2v) is 7.17. The minimum absolute atomic E-state index is 0.134. The maximum absolute atomic E-state index is 12.4. The van der Waals surface area contributed by atoms with Crippen molar-refractivity contribution >= 4 is 10.2 Å². The summed E-state index contributed by atoms with van der Waals surface area (Å²) in [6, 6.07) is -0.134. The first-order chi connectivity index (χ1) is 9.53. The van der Waals surface area contributed by atoms with Crippen molar-refractivity contribution in [2.45, 2.75) is 38.6 Å². The first kappa shape index (κ1) is 17.8. The molecule has 0 spiro atoms. The molecule has 120 valence electrons.